The minimum Gasteiger partial charge on any atom is -0.375 e. The Morgan fingerprint density at radius 3 is 2.52 bits per heavy atom. The first-order valence-electron chi connectivity index (χ1n) is 9.37. The molecule has 2 aromatic rings. The Morgan fingerprint density at radius 2 is 1.86 bits per heavy atom. The predicted molar refractivity (Wildman–Crippen MR) is 111 cm³/mol. The minimum atomic E-state index is -3.74. The number of para-hydroxylation sites is 1. The normalized spacial score (nSPS) is 14.5. The fourth-order valence-corrected chi connectivity index (χ4v) is 4.40. The highest BCUT2D eigenvalue weighted by Crippen LogP contribution is 2.32. The van der Waals surface area contributed by atoms with E-state index in [1.807, 2.05) is 6.07 Å². The van der Waals surface area contributed by atoms with Crippen molar-refractivity contribution < 1.29 is 18.1 Å². The number of carbonyl (C=O) groups is 1. The lowest BCUT2D eigenvalue weighted by atomic mass is 10.1. The molecule has 0 atom stereocenters. The molecule has 1 aliphatic rings. The van der Waals surface area contributed by atoms with Gasteiger partial charge in [-0.05, 0) is 42.7 Å². The summed E-state index contributed by atoms with van der Waals surface area (Å²) >= 11 is 0. The molecule has 0 aliphatic heterocycles. The van der Waals surface area contributed by atoms with Gasteiger partial charge in [-0.15, -0.1) is 0 Å². The molecule has 0 saturated heterocycles. The van der Waals surface area contributed by atoms with Gasteiger partial charge in [0.25, 0.3) is 0 Å². The molecular weight excluding hydrogens is 394 g/mol. The van der Waals surface area contributed by atoms with Crippen LogP contribution in [0.1, 0.15) is 31.2 Å². The van der Waals surface area contributed by atoms with Crippen molar-refractivity contribution in [3.63, 3.8) is 0 Å². The van der Waals surface area contributed by atoms with Crippen molar-refractivity contribution in [1.29, 1.82) is 0 Å². The van der Waals surface area contributed by atoms with E-state index in [1.54, 1.807) is 18.2 Å². The van der Waals surface area contributed by atoms with Gasteiger partial charge in [0.05, 0.1) is 4.92 Å². The minimum absolute atomic E-state index is 0.0177. The number of nitrogens with zero attached hydrogens (tertiary/aromatic N) is 1. The number of rotatable bonds is 7. The lowest BCUT2D eigenvalue weighted by molar-refractivity contribution is -0.386. The third kappa shape index (κ3) is 5.11. The summed E-state index contributed by atoms with van der Waals surface area (Å²) in [5, 5.41) is 17.3. The highest BCUT2D eigenvalue weighted by molar-refractivity contribution is 7.90. The molecular formula is C20H23N3O5S. The van der Waals surface area contributed by atoms with Gasteiger partial charge in [-0.1, -0.05) is 31.0 Å². The van der Waals surface area contributed by atoms with E-state index in [2.05, 4.69) is 10.6 Å². The maximum Gasteiger partial charge on any atom is 0.310 e. The predicted octanol–water partition coefficient (Wildman–Crippen LogP) is 3.74. The molecule has 0 heterocycles. The van der Waals surface area contributed by atoms with Gasteiger partial charge in [0.2, 0.25) is 5.91 Å². The highest BCUT2D eigenvalue weighted by Gasteiger charge is 2.26. The summed E-state index contributed by atoms with van der Waals surface area (Å²) in [5.41, 5.74) is 1.12. The lowest BCUT2D eigenvalue weighted by Gasteiger charge is -2.13. The van der Waals surface area contributed by atoms with E-state index in [4.69, 9.17) is 0 Å². The van der Waals surface area contributed by atoms with Crippen LogP contribution in [-0.4, -0.2) is 25.5 Å². The third-order valence-corrected chi connectivity index (χ3v) is 6.11. The van der Waals surface area contributed by atoms with Crippen LogP contribution in [0.3, 0.4) is 0 Å². The fraction of sp³-hybridized carbons (Fsp3) is 0.350. The molecule has 2 N–H and O–H groups in total. The Hall–Kier alpha value is -2.94. The van der Waals surface area contributed by atoms with E-state index < -0.39 is 20.4 Å². The largest absolute Gasteiger partial charge is 0.375 e. The van der Waals surface area contributed by atoms with Crippen LogP contribution in [0.2, 0.25) is 0 Å². The SMILES string of the molecule is CS(=O)(=O)c1cccc(NCc2cccc(NC(=O)C3CCCC3)c2)c1[N+](=O)[O-]. The molecule has 29 heavy (non-hydrogen) atoms. The second-order valence-electron chi connectivity index (χ2n) is 7.21. The molecule has 2 aromatic carbocycles. The van der Waals surface area contributed by atoms with Crippen molar-refractivity contribution >= 4 is 32.8 Å². The topological polar surface area (TPSA) is 118 Å². The first-order valence-corrected chi connectivity index (χ1v) is 11.3. The number of nitrogens with one attached hydrogen (secondary N) is 2. The number of anilines is 2. The molecule has 9 heteroatoms. The Kier molecular flexibility index (Phi) is 6.17. The Balaban J connectivity index is 1.75. The van der Waals surface area contributed by atoms with Crippen molar-refractivity contribution in [3.05, 3.63) is 58.1 Å². The van der Waals surface area contributed by atoms with Crippen LogP contribution in [0.25, 0.3) is 0 Å². The molecule has 154 valence electrons. The van der Waals surface area contributed by atoms with Crippen LogP contribution < -0.4 is 10.6 Å². The maximum absolute atomic E-state index is 12.3. The highest BCUT2D eigenvalue weighted by atomic mass is 32.2. The molecule has 0 spiro atoms. The molecule has 1 saturated carbocycles. The fourth-order valence-electron chi connectivity index (χ4n) is 3.54. The number of hydrogen-bond acceptors (Lipinski definition) is 6. The van der Waals surface area contributed by atoms with Crippen LogP contribution in [-0.2, 0) is 21.2 Å². The molecule has 1 aliphatic carbocycles. The second kappa shape index (κ2) is 8.60. The van der Waals surface area contributed by atoms with Gasteiger partial charge in [0.1, 0.15) is 10.6 Å². The zero-order chi connectivity index (χ0) is 21.0. The summed E-state index contributed by atoms with van der Waals surface area (Å²) in [6.45, 7) is 0.237. The zero-order valence-corrected chi connectivity index (χ0v) is 16.9. The summed E-state index contributed by atoms with van der Waals surface area (Å²) in [4.78, 5) is 22.7. The molecule has 0 bridgehead atoms. The molecule has 0 unspecified atom stereocenters. The summed E-state index contributed by atoms with van der Waals surface area (Å²) in [7, 11) is -3.74. The van der Waals surface area contributed by atoms with Crippen molar-refractivity contribution in [3.8, 4) is 0 Å². The van der Waals surface area contributed by atoms with Crippen molar-refractivity contribution in [2.45, 2.75) is 37.1 Å². The van der Waals surface area contributed by atoms with Gasteiger partial charge in [-0.3, -0.25) is 14.9 Å². The van der Waals surface area contributed by atoms with Crippen molar-refractivity contribution in [2.75, 3.05) is 16.9 Å². The van der Waals surface area contributed by atoms with Gasteiger partial charge in [0.15, 0.2) is 9.84 Å². The van der Waals surface area contributed by atoms with Gasteiger partial charge < -0.3 is 10.6 Å². The quantitative estimate of drug-likeness (QED) is 0.523. The standard InChI is InChI=1S/C20H23N3O5S/c1-29(27,28)18-11-5-10-17(19(18)23(25)26)21-13-14-6-4-9-16(12-14)22-20(24)15-7-2-3-8-15/h4-6,9-12,15,21H,2-3,7-8,13H2,1H3,(H,22,24). The molecule has 0 radical (unpaired) electrons. The molecule has 1 amide bonds. The molecule has 1 fully saturated rings. The van der Waals surface area contributed by atoms with Crippen LogP contribution in [0.15, 0.2) is 47.4 Å². The third-order valence-electron chi connectivity index (χ3n) is 4.98. The van der Waals surface area contributed by atoms with Gasteiger partial charge in [-0.25, -0.2) is 8.42 Å². The number of benzene rings is 2. The van der Waals surface area contributed by atoms with Crippen LogP contribution in [0.5, 0.6) is 0 Å². The smallest absolute Gasteiger partial charge is 0.310 e. The van der Waals surface area contributed by atoms with Crippen LogP contribution in [0, 0.1) is 16.0 Å². The van der Waals surface area contributed by atoms with Crippen LogP contribution >= 0.6 is 0 Å². The second-order valence-corrected chi connectivity index (χ2v) is 9.19. The summed E-state index contributed by atoms with van der Waals surface area (Å²) in [6, 6.07) is 11.4. The lowest BCUT2D eigenvalue weighted by Crippen LogP contribution is -2.20. The van der Waals surface area contributed by atoms with Gasteiger partial charge in [0, 0.05) is 24.4 Å². The molecule has 0 aromatic heterocycles. The van der Waals surface area contributed by atoms with Crippen molar-refractivity contribution in [1.82, 2.24) is 0 Å². The Bertz CT molecular complexity index is 1030. The maximum atomic E-state index is 12.3. The first-order chi connectivity index (χ1) is 13.8. The number of hydrogen-bond donors (Lipinski definition) is 2. The summed E-state index contributed by atoms with van der Waals surface area (Å²) in [5.74, 6) is 0.0715. The zero-order valence-electron chi connectivity index (χ0n) is 16.1. The number of carbonyl (C=O) groups excluding carboxylic acids is 1. The molecule has 3 rings (SSSR count). The van der Waals surface area contributed by atoms with E-state index in [0.717, 1.165) is 37.5 Å². The number of amides is 1. The number of nitro groups is 1. The van der Waals surface area contributed by atoms with Crippen LogP contribution in [0.4, 0.5) is 17.1 Å². The Labute approximate surface area is 169 Å². The average Bonchev–Trinajstić information content (AvgIpc) is 3.20. The first kappa shape index (κ1) is 20.8. The summed E-state index contributed by atoms with van der Waals surface area (Å²) in [6.07, 6.45) is 4.91. The van der Waals surface area contributed by atoms with E-state index >= 15 is 0 Å². The van der Waals surface area contributed by atoms with Gasteiger partial charge in [-0.2, -0.15) is 0 Å². The van der Waals surface area contributed by atoms with E-state index in [-0.39, 0.29) is 29.0 Å². The van der Waals surface area contributed by atoms with E-state index in [1.165, 1.54) is 18.2 Å². The van der Waals surface area contributed by atoms with E-state index in [9.17, 15) is 23.3 Å². The number of sulfone groups is 1. The summed E-state index contributed by atoms with van der Waals surface area (Å²) < 4.78 is 23.7. The van der Waals surface area contributed by atoms with E-state index in [0.29, 0.717) is 5.69 Å². The van der Waals surface area contributed by atoms with Gasteiger partial charge >= 0.3 is 5.69 Å². The molecule has 8 nitrogen and oxygen atoms in total. The monoisotopic (exact) mass is 417 g/mol. The average molecular weight is 417 g/mol. The Morgan fingerprint density at radius 1 is 1.17 bits per heavy atom. The number of nitro benzene ring substituents is 1. The van der Waals surface area contributed by atoms with Crippen molar-refractivity contribution in [2.24, 2.45) is 5.92 Å².